The first-order valence-corrected chi connectivity index (χ1v) is 6.72. The van der Waals surface area contributed by atoms with Gasteiger partial charge in [0.1, 0.15) is 0 Å². The molecule has 1 aliphatic heterocycles. The van der Waals surface area contributed by atoms with Gasteiger partial charge in [-0.2, -0.15) is 11.8 Å². The predicted molar refractivity (Wildman–Crippen MR) is 60.3 cm³/mol. The molecule has 0 aromatic heterocycles. The van der Waals surface area contributed by atoms with Crippen LogP contribution < -0.4 is 5.32 Å². The molecule has 1 N–H and O–H groups in total. The van der Waals surface area contributed by atoms with Crippen LogP contribution in [0.3, 0.4) is 0 Å². The van der Waals surface area contributed by atoms with Crippen molar-refractivity contribution in [1.82, 2.24) is 5.32 Å². The molecule has 0 aromatic rings. The van der Waals surface area contributed by atoms with Crippen molar-refractivity contribution in [2.24, 2.45) is 11.3 Å². The van der Waals surface area contributed by atoms with Gasteiger partial charge in [0.05, 0.1) is 0 Å². The molecule has 2 heteroatoms. The van der Waals surface area contributed by atoms with Crippen LogP contribution >= 0.6 is 11.8 Å². The van der Waals surface area contributed by atoms with E-state index in [1.165, 1.54) is 50.3 Å². The van der Waals surface area contributed by atoms with Crippen molar-refractivity contribution in [3.05, 3.63) is 0 Å². The molecule has 2 aliphatic rings. The third-order valence-electron chi connectivity index (χ3n) is 3.57. The Hall–Kier alpha value is 0.310. The van der Waals surface area contributed by atoms with Gasteiger partial charge in [0.25, 0.3) is 0 Å². The van der Waals surface area contributed by atoms with Crippen molar-refractivity contribution in [2.75, 3.05) is 24.6 Å². The maximum absolute atomic E-state index is 3.66. The fraction of sp³-hybridized carbons (Fsp3) is 1.00. The van der Waals surface area contributed by atoms with Gasteiger partial charge in [0.2, 0.25) is 0 Å². The van der Waals surface area contributed by atoms with E-state index in [0.717, 1.165) is 5.92 Å². The highest BCUT2D eigenvalue weighted by atomic mass is 32.2. The summed E-state index contributed by atoms with van der Waals surface area (Å²) in [6.45, 7) is 4.95. The summed E-state index contributed by atoms with van der Waals surface area (Å²) in [4.78, 5) is 0. The minimum absolute atomic E-state index is 0.658. The Kier molecular flexibility index (Phi) is 3.20. The zero-order valence-electron chi connectivity index (χ0n) is 8.64. The molecule has 0 radical (unpaired) electrons. The summed E-state index contributed by atoms with van der Waals surface area (Å²) in [6.07, 6.45) is 5.78. The van der Waals surface area contributed by atoms with Crippen LogP contribution in [0.1, 0.15) is 32.6 Å². The minimum atomic E-state index is 0.658. The van der Waals surface area contributed by atoms with Crippen molar-refractivity contribution < 1.29 is 0 Å². The summed E-state index contributed by atoms with van der Waals surface area (Å²) in [6, 6.07) is 0. The second-order valence-corrected chi connectivity index (χ2v) is 6.17. The van der Waals surface area contributed by atoms with E-state index in [1.807, 2.05) is 0 Å². The predicted octanol–water partition coefficient (Wildman–Crippen LogP) is 2.52. The van der Waals surface area contributed by atoms with Crippen LogP contribution in [0.25, 0.3) is 0 Å². The van der Waals surface area contributed by atoms with E-state index in [4.69, 9.17) is 0 Å². The normalized spacial score (nSPS) is 31.6. The number of hydrogen-bond acceptors (Lipinski definition) is 2. The molecule has 1 atom stereocenters. The summed E-state index contributed by atoms with van der Waals surface area (Å²) in [7, 11) is 0. The van der Waals surface area contributed by atoms with Crippen LogP contribution in [-0.2, 0) is 0 Å². The smallest absolute Gasteiger partial charge is 0.000528 e. The summed E-state index contributed by atoms with van der Waals surface area (Å²) < 4.78 is 0. The Labute approximate surface area is 86.0 Å². The lowest BCUT2D eigenvalue weighted by atomic mass is 9.70. The van der Waals surface area contributed by atoms with Gasteiger partial charge in [-0.05, 0) is 48.6 Å². The Morgan fingerprint density at radius 2 is 2.31 bits per heavy atom. The molecular weight excluding hydrogens is 178 g/mol. The molecule has 1 saturated heterocycles. The van der Waals surface area contributed by atoms with Gasteiger partial charge in [-0.25, -0.2) is 0 Å². The van der Waals surface area contributed by atoms with Crippen molar-refractivity contribution in [3.8, 4) is 0 Å². The Bertz CT molecular complexity index is 159. The molecule has 76 valence electrons. The summed E-state index contributed by atoms with van der Waals surface area (Å²) in [5.41, 5.74) is 0.658. The lowest BCUT2D eigenvalue weighted by Gasteiger charge is -2.38. The van der Waals surface area contributed by atoms with Gasteiger partial charge in [-0.3, -0.25) is 0 Å². The number of thioether (sulfide) groups is 1. The second kappa shape index (κ2) is 4.22. The average Bonchev–Trinajstić information content (AvgIpc) is 2.54. The van der Waals surface area contributed by atoms with Crippen LogP contribution in [0, 0.1) is 11.3 Å². The van der Waals surface area contributed by atoms with Crippen LogP contribution in [-0.4, -0.2) is 24.6 Å². The quantitative estimate of drug-likeness (QED) is 0.746. The van der Waals surface area contributed by atoms with Crippen molar-refractivity contribution in [3.63, 3.8) is 0 Å². The largest absolute Gasteiger partial charge is 0.316 e. The van der Waals surface area contributed by atoms with E-state index in [9.17, 15) is 0 Å². The molecule has 1 aliphatic carbocycles. The van der Waals surface area contributed by atoms with Crippen LogP contribution in [0.2, 0.25) is 0 Å². The van der Waals surface area contributed by atoms with Gasteiger partial charge >= 0.3 is 0 Å². The lowest BCUT2D eigenvalue weighted by Crippen LogP contribution is -2.39. The highest BCUT2D eigenvalue weighted by Gasteiger charge is 2.31. The molecule has 0 aromatic carbocycles. The van der Waals surface area contributed by atoms with Gasteiger partial charge in [0, 0.05) is 6.54 Å². The van der Waals surface area contributed by atoms with Crippen molar-refractivity contribution in [2.45, 2.75) is 32.6 Å². The van der Waals surface area contributed by atoms with Gasteiger partial charge in [0.15, 0.2) is 0 Å². The first-order valence-electron chi connectivity index (χ1n) is 5.57. The Morgan fingerprint density at radius 3 is 2.85 bits per heavy atom. The van der Waals surface area contributed by atoms with Crippen LogP contribution in [0.15, 0.2) is 0 Å². The maximum Gasteiger partial charge on any atom is 0.000528 e. The first kappa shape index (κ1) is 9.85. The minimum Gasteiger partial charge on any atom is -0.316 e. The monoisotopic (exact) mass is 199 g/mol. The van der Waals surface area contributed by atoms with E-state index in [2.05, 4.69) is 24.0 Å². The van der Waals surface area contributed by atoms with E-state index < -0.39 is 0 Å². The molecule has 0 spiro atoms. The highest BCUT2D eigenvalue weighted by Crippen LogP contribution is 2.39. The number of rotatable bonds is 4. The molecular formula is C11H21NS. The molecule has 1 nitrogen and oxygen atoms in total. The molecule has 2 fully saturated rings. The number of nitrogens with one attached hydrogen (secondary N) is 1. The standard InChI is InChI=1S/C11H21NS/c1-11(4-2-5-11)9-12-7-10-3-6-13-8-10/h10,12H,2-9H2,1H3. The van der Waals surface area contributed by atoms with Crippen LogP contribution in [0.4, 0.5) is 0 Å². The third kappa shape index (κ3) is 2.63. The fourth-order valence-electron chi connectivity index (χ4n) is 2.28. The topological polar surface area (TPSA) is 12.0 Å². The fourth-order valence-corrected chi connectivity index (χ4v) is 3.56. The lowest BCUT2D eigenvalue weighted by molar-refractivity contribution is 0.155. The van der Waals surface area contributed by atoms with Gasteiger partial charge < -0.3 is 5.32 Å². The van der Waals surface area contributed by atoms with Crippen molar-refractivity contribution >= 4 is 11.8 Å². The highest BCUT2D eigenvalue weighted by molar-refractivity contribution is 7.99. The molecule has 1 saturated carbocycles. The van der Waals surface area contributed by atoms with Gasteiger partial charge in [-0.1, -0.05) is 13.3 Å². The average molecular weight is 199 g/mol. The maximum atomic E-state index is 3.66. The van der Waals surface area contributed by atoms with Crippen LogP contribution in [0.5, 0.6) is 0 Å². The molecule has 13 heavy (non-hydrogen) atoms. The Balaban J connectivity index is 1.57. The van der Waals surface area contributed by atoms with E-state index in [0.29, 0.717) is 5.41 Å². The molecule has 0 amide bonds. The second-order valence-electron chi connectivity index (χ2n) is 5.02. The van der Waals surface area contributed by atoms with Crippen molar-refractivity contribution in [1.29, 1.82) is 0 Å². The molecule has 1 unspecified atom stereocenters. The van der Waals surface area contributed by atoms with E-state index in [1.54, 1.807) is 0 Å². The zero-order valence-corrected chi connectivity index (χ0v) is 9.46. The molecule has 0 bridgehead atoms. The zero-order chi connectivity index (χ0) is 9.15. The molecule has 2 rings (SSSR count). The van der Waals surface area contributed by atoms with E-state index in [-0.39, 0.29) is 0 Å². The van der Waals surface area contributed by atoms with E-state index >= 15 is 0 Å². The summed E-state index contributed by atoms with van der Waals surface area (Å²) in [5, 5.41) is 3.66. The SMILES string of the molecule is CC1(CNCC2CCSC2)CCC1. The Morgan fingerprint density at radius 1 is 1.46 bits per heavy atom. The van der Waals surface area contributed by atoms with Gasteiger partial charge in [-0.15, -0.1) is 0 Å². The number of hydrogen-bond donors (Lipinski definition) is 1. The third-order valence-corrected chi connectivity index (χ3v) is 4.80. The summed E-state index contributed by atoms with van der Waals surface area (Å²) in [5.74, 6) is 3.75. The summed E-state index contributed by atoms with van der Waals surface area (Å²) >= 11 is 2.12. The molecule has 1 heterocycles. The first-order chi connectivity index (χ1) is 6.29.